The second kappa shape index (κ2) is 29.4. The molecule has 9 nitrogen and oxygen atoms in total. The number of nitrogens with zero attached hydrogens (tertiary/aromatic N) is 9. The van der Waals surface area contributed by atoms with E-state index in [0.717, 1.165) is 60.7 Å². The molecule has 27 aromatic rings. The van der Waals surface area contributed by atoms with Crippen molar-refractivity contribution in [3.63, 3.8) is 0 Å². The highest BCUT2D eigenvalue weighted by Crippen LogP contribution is 2.46. The van der Waals surface area contributed by atoms with E-state index in [0.29, 0.717) is 0 Å². The van der Waals surface area contributed by atoms with Gasteiger partial charge in [-0.3, -0.25) is 15.0 Å². The van der Waals surface area contributed by atoms with Gasteiger partial charge < -0.3 is 27.4 Å². The van der Waals surface area contributed by atoms with Gasteiger partial charge in [-0.1, -0.05) is 243 Å². The Hall–Kier alpha value is -17.0. The van der Waals surface area contributed by atoms with Crippen molar-refractivity contribution in [2.24, 2.45) is 0 Å². The van der Waals surface area contributed by atoms with Crippen LogP contribution in [0.3, 0.4) is 0 Å². The maximum atomic E-state index is 5.02. The van der Waals surface area contributed by atoms with Gasteiger partial charge in [-0.05, 0) is 221 Å². The van der Waals surface area contributed by atoms with Gasteiger partial charge in [-0.25, -0.2) is 0 Å². The Morgan fingerprint density at radius 1 is 0.159 bits per heavy atom. The molecule has 0 saturated heterocycles. The standard InChI is InChI=1S/3C39H25N3/c1-3-12-29(13-4-1)41-35-18-10-9-17-32(35)33-23-26(19-21-36(33)41)27-20-22-37-34(24-27)38-39(42(37)30-14-5-2-6-15-30)31-16-8-7-11-28(31)25-40-38;1-3-10-28(11-4-1)41-36-16-8-7-14-30(36)33-24-26(17-21-37(33)41)27-18-22-38-34(25-27)31-19-20-35-32(15-9-23-40-35)39(31)42(38)29-12-5-2-6-13-29;1-3-9-29(10-4-1)41-36-14-8-7-13-32(36)34-23-26(16-19-37(34)41)27-17-20-38-35(24-27)33-18-15-28-25-40-22-21-31(28)39(33)42(38)30-11-5-2-6-12-30/h3*1-25H. The summed E-state index contributed by atoms with van der Waals surface area (Å²) in [6.07, 6.45) is 7.71. The third-order valence-electron chi connectivity index (χ3n) is 25.6. The van der Waals surface area contributed by atoms with Crippen molar-refractivity contribution in [2.45, 2.75) is 0 Å². The highest BCUT2D eigenvalue weighted by Gasteiger charge is 2.24. The molecule has 0 spiro atoms. The SMILES string of the molecule is c1ccc(-n2c3ccccc3c3cc(-c4ccc5c(c4)c4ccc6cnccc6c4n5-c4ccccc4)ccc32)cc1.c1ccc(-n2c3ccccc3c3cc(-c4ccc5c(c4)c4ccc6ncccc6c4n5-c4ccccc4)ccc32)cc1.c1ccc(-n2c3ccccc3c3cc(-c4ccc5c(c4)c4ncc6ccccc6c4n5-c4ccccc4)ccc32)cc1. The van der Waals surface area contributed by atoms with E-state index in [1.54, 1.807) is 0 Å². The Labute approximate surface area is 723 Å². The molecule has 0 aliphatic heterocycles. The van der Waals surface area contributed by atoms with E-state index in [1.807, 2.05) is 30.9 Å². The molecule has 9 aromatic heterocycles. The quantitative estimate of drug-likeness (QED) is 0.145. The van der Waals surface area contributed by atoms with Crippen LogP contribution in [-0.2, 0) is 0 Å². The van der Waals surface area contributed by atoms with Crippen molar-refractivity contribution in [1.82, 2.24) is 42.4 Å². The molecule has 0 bridgehead atoms. The first-order chi connectivity index (χ1) is 62.5. The first kappa shape index (κ1) is 71.9. The third kappa shape index (κ3) is 11.6. The fourth-order valence-electron chi connectivity index (χ4n) is 20.1. The van der Waals surface area contributed by atoms with Gasteiger partial charge in [-0.15, -0.1) is 0 Å². The van der Waals surface area contributed by atoms with Gasteiger partial charge in [0.05, 0.1) is 77.2 Å². The minimum atomic E-state index is 1.01. The molecular formula is C117H75N9. The van der Waals surface area contributed by atoms with Gasteiger partial charge in [0.15, 0.2) is 0 Å². The number of aromatic nitrogens is 9. The topological polar surface area (TPSA) is 68.2 Å². The van der Waals surface area contributed by atoms with Gasteiger partial charge in [0, 0.05) is 145 Å². The molecule has 9 heterocycles. The molecule has 0 atom stereocenters. The minimum Gasteiger partial charge on any atom is -0.309 e. The molecule has 0 saturated carbocycles. The number of para-hydroxylation sites is 9. The Morgan fingerprint density at radius 2 is 0.452 bits per heavy atom. The van der Waals surface area contributed by atoms with Crippen molar-refractivity contribution in [1.29, 1.82) is 0 Å². The summed E-state index contributed by atoms with van der Waals surface area (Å²) >= 11 is 0. The smallest absolute Gasteiger partial charge is 0.0970 e. The van der Waals surface area contributed by atoms with Crippen LogP contribution in [-0.4, -0.2) is 42.4 Å². The number of rotatable bonds is 9. The molecule has 18 aromatic carbocycles. The second-order valence-electron chi connectivity index (χ2n) is 32.6. The van der Waals surface area contributed by atoms with Crippen LogP contribution in [0.2, 0.25) is 0 Å². The average Bonchev–Trinajstić information content (AvgIpc) is 1.58. The monoisotopic (exact) mass is 1610 g/mol. The molecule has 9 heteroatoms. The highest BCUT2D eigenvalue weighted by atomic mass is 15.0. The van der Waals surface area contributed by atoms with Crippen molar-refractivity contribution in [2.75, 3.05) is 0 Å². The molecule has 0 amide bonds. The zero-order valence-electron chi connectivity index (χ0n) is 68.3. The van der Waals surface area contributed by atoms with Crippen LogP contribution in [0.1, 0.15) is 0 Å². The summed E-state index contributed by atoms with van der Waals surface area (Å²) in [5, 5.41) is 19.5. The first-order valence-electron chi connectivity index (χ1n) is 42.9. The summed E-state index contributed by atoms with van der Waals surface area (Å²) in [5.74, 6) is 0. The summed E-state index contributed by atoms with van der Waals surface area (Å²) in [4.78, 5) is 14.1. The van der Waals surface area contributed by atoms with Crippen molar-refractivity contribution < 1.29 is 0 Å². The lowest BCUT2D eigenvalue weighted by Gasteiger charge is -2.10. The van der Waals surface area contributed by atoms with E-state index in [-0.39, 0.29) is 0 Å². The van der Waals surface area contributed by atoms with Crippen LogP contribution in [0, 0.1) is 0 Å². The zero-order valence-corrected chi connectivity index (χ0v) is 68.3. The van der Waals surface area contributed by atoms with Crippen LogP contribution < -0.4 is 0 Å². The molecule has 0 radical (unpaired) electrons. The molecule has 0 unspecified atom stereocenters. The van der Waals surface area contributed by atoms with Crippen LogP contribution in [0.15, 0.2) is 455 Å². The number of fused-ring (bicyclic) bond motifs is 24. The van der Waals surface area contributed by atoms with Crippen LogP contribution in [0.25, 0.3) is 231 Å². The molecule has 0 aliphatic carbocycles. The Balaban J connectivity index is 0.000000103. The maximum Gasteiger partial charge on any atom is 0.0970 e. The van der Waals surface area contributed by atoms with E-state index in [2.05, 4.69) is 462 Å². The Kier molecular flexibility index (Phi) is 16.8. The lowest BCUT2D eigenvalue weighted by Crippen LogP contribution is -1.94. The molecule has 0 aliphatic rings. The van der Waals surface area contributed by atoms with Gasteiger partial charge in [0.25, 0.3) is 0 Å². The summed E-state index contributed by atoms with van der Waals surface area (Å²) in [6, 6.07) is 155. The second-order valence-corrected chi connectivity index (χ2v) is 32.6. The van der Waals surface area contributed by atoms with Crippen molar-refractivity contribution >= 4 is 163 Å². The van der Waals surface area contributed by atoms with Gasteiger partial charge >= 0.3 is 0 Å². The molecule has 588 valence electrons. The normalized spacial score (nSPS) is 11.8. The van der Waals surface area contributed by atoms with Crippen molar-refractivity contribution in [3.8, 4) is 67.5 Å². The summed E-state index contributed by atoms with van der Waals surface area (Å²) in [5.41, 5.74) is 30.6. The van der Waals surface area contributed by atoms with E-state index < -0.39 is 0 Å². The Morgan fingerprint density at radius 3 is 0.873 bits per heavy atom. The van der Waals surface area contributed by atoms with E-state index >= 15 is 0 Å². The van der Waals surface area contributed by atoms with E-state index in [9.17, 15) is 0 Å². The van der Waals surface area contributed by atoms with Crippen LogP contribution in [0.5, 0.6) is 0 Å². The largest absolute Gasteiger partial charge is 0.309 e. The number of benzene rings is 18. The Bertz CT molecular complexity index is 8180. The molecular weight excluding hydrogens is 1530 g/mol. The fraction of sp³-hybridized carbons (Fsp3) is 0. The van der Waals surface area contributed by atoms with Crippen LogP contribution in [0.4, 0.5) is 0 Å². The van der Waals surface area contributed by atoms with Gasteiger partial charge in [0.1, 0.15) is 0 Å². The third-order valence-corrected chi connectivity index (χ3v) is 25.6. The van der Waals surface area contributed by atoms with Gasteiger partial charge in [0.2, 0.25) is 0 Å². The number of hydrogen-bond donors (Lipinski definition) is 0. The highest BCUT2D eigenvalue weighted by molar-refractivity contribution is 6.23. The first-order valence-corrected chi connectivity index (χ1v) is 42.9. The summed E-state index contributed by atoms with van der Waals surface area (Å²) in [7, 11) is 0. The molecule has 0 N–H and O–H groups in total. The number of hydrogen-bond acceptors (Lipinski definition) is 3. The summed E-state index contributed by atoms with van der Waals surface area (Å²) < 4.78 is 14.2. The molecule has 126 heavy (non-hydrogen) atoms. The van der Waals surface area contributed by atoms with Crippen LogP contribution >= 0.6 is 0 Å². The van der Waals surface area contributed by atoms with Crippen molar-refractivity contribution in [3.05, 3.63) is 455 Å². The average molecular weight is 1610 g/mol. The van der Waals surface area contributed by atoms with E-state index in [1.165, 1.54) is 170 Å². The van der Waals surface area contributed by atoms with Gasteiger partial charge in [-0.2, -0.15) is 0 Å². The molecule has 27 rings (SSSR count). The van der Waals surface area contributed by atoms with E-state index in [4.69, 9.17) is 4.98 Å². The zero-order chi connectivity index (χ0) is 82.9. The predicted octanol–water partition coefficient (Wildman–Crippen LogP) is 30.3. The lowest BCUT2D eigenvalue weighted by atomic mass is 10.00. The lowest BCUT2D eigenvalue weighted by molar-refractivity contribution is 1.18. The molecule has 0 fully saturated rings. The predicted molar refractivity (Wildman–Crippen MR) is 528 cm³/mol. The fourth-order valence-corrected chi connectivity index (χ4v) is 20.1. The summed E-state index contributed by atoms with van der Waals surface area (Å²) in [6.45, 7) is 0. The number of pyridine rings is 3. The minimum absolute atomic E-state index is 1.01. The maximum absolute atomic E-state index is 5.02.